The van der Waals surface area contributed by atoms with Gasteiger partial charge in [0.1, 0.15) is 6.61 Å². The molecule has 152 valence electrons. The van der Waals surface area contributed by atoms with Crippen molar-refractivity contribution in [3.63, 3.8) is 0 Å². The Labute approximate surface area is 173 Å². The van der Waals surface area contributed by atoms with E-state index in [1.807, 2.05) is 60.7 Å². The van der Waals surface area contributed by atoms with Crippen molar-refractivity contribution in [2.45, 2.75) is 25.5 Å². The summed E-state index contributed by atoms with van der Waals surface area (Å²) in [6.45, 7) is 3.53. The molecule has 1 heterocycles. The Kier molecular flexibility index (Phi) is 9.83. The van der Waals surface area contributed by atoms with E-state index in [9.17, 15) is 4.79 Å². The molecule has 0 spiro atoms. The number of rotatable bonds is 8. The molecule has 1 aliphatic heterocycles. The van der Waals surface area contributed by atoms with Crippen LogP contribution in [0.15, 0.2) is 60.7 Å². The molecular formula is C22H29ClN2O3. The van der Waals surface area contributed by atoms with Gasteiger partial charge in [-0.25, -0.2) is 4.79 Å². The van der Waals surface area contributed by atoms with Crippen LogP contribution < -0.4 is 10.6 Å². The zero-order chi connectivity index (χ0) is 18.7. The van der Waals surface area contributed by atoms with Crippen LogP contribution in [0, 0.1) is 5.92 Å². The lowest BCUT2D eigenvalue weighted by atomic mass is 9.99. The fourth-order valence-corrected chi connectivity index (χ4v) is 3.21. The lowest BCUT2D eigenvalue weighted by molar-refractivity contribution is 0.0673. The monoisotopic (exact) mass is 404 g/mol. The summed E-state index contributed by atoms with van der Waals surface area (Å²) < 4.78 is 11.3. The SMILES string of the molecule is Cl.O=C(N[C@@H](COCC1CCNCC1)c1ccccc1)OCc1ccccc1. The van der Waals surface area contributed by atoms with Crippen LogP contribution in [0.25, 0.3) is 0 Å². The van der Waals surface area contributed by atoms with Crippen molar-refractivity contribution in [3.8, 4) is 0 Å². The number of piperidine rings is 1. The molecule has 0 aliphatic carbocycles. The molecule has 1 aliphatic rings. The molecule has 6 heteroatoms. The summed E-state index contributed by atoms with van der Waals surface area (Å²) in [6, 6.07) is 19.3. The van der Waals surface area contributed by atoms with Crippen LogP contribution in [0.2, 0.25) is 0 Å². The minimum absolute atomic E-state index is 0. The normalized spacial score (nSPS) is 15.3. The third kappa shape index (κ3) is 7.50. The molecular weight excluding hydrogens is 376 g/mol. The molecule has 0 radical (unpaired) electrons. The molecule has 2 aromatic carbocycles. The minimum Gasteiger partial charge on any atom is -0.445 e. The topological polar surface area (TPSA) is 59.6 Å². The lowest BCUT2D eigenvalue weighted by Gasteiger charge is -2.24. The van der Waals surface area contributed by atoms with E-state index < -0.39 is 6.09 Å². The number of halogens is 1. The lowest BCUT2D eigenvalue weighted by Crippen LogP contribution is -2.34. The summed E-state index contributed by atoms with van der Waals surface area (Å²) >= 11 is 0. The summed E-state index contributed by atoms with van der Waals surface area (Å²) in [6.07, 6.45) is 1.85. The summed E-state index contributed by atoms with van der Waals surface area (Å²) in [7, 11) is 0. The maximum Gasteiger partial charge on any atom is 0.408 e. The van der Waals surface area contributed by atoms with E-state index in [1.165, 1.54) is 0 Å². The van der Waals surface area contributed by atoms with Crippen molar-refractivity contribution >= 4 is 18.5 Å². The molecule has 1 amide bonds. The number of carbonyl (C=O) groups excluding carboxylic acids is 1. The van der Waals surface area contributed by atoms with Gasteiger partial charge in [-0.05, 0) is 43.0 Å². The fraction of sp³-hybridized carbons (Fsp3) is 0.409. The van der Waals surface area contributed by atoms with Gasteiger partial charge in [-0.15, -0.1) is 12.4 Å². The van der Waals surface area contributed by atoms with Gasteiger partial charge in [0, 0.05) is 6.61 Å². The van der Waals surface area contributed by atoms with Crippen molar-refractivity contribution in [2.24, 2.45) is 5.92 Å². The minimum atomic E-state index is -0.432. The molecule has 0 saturated carbocycles. The molecule has 1 atom stereocenters. The maximum absolute atomic E-state index is 12.3. The maximum atomic E-state index is 12.3. The largest absolute Gasteiger partial charge is 0.445 e. The van der Waals surface area contributed by atoms with Gasteiger partial charge in [0.05, 0.1) is 12.6 Å². The number of benzene rings is 2. The molecule has 1 fully saturated rings. The molecule has 28 heavy (non-hydrogen) atoms. The van der Waals surface area contributed by atoms with Crippen molar-refractivity contribution in [3.05, 3.63) is 71.8 Å². The van der Waals surface area contributed by atoms with Gasteiger partial charge in [0.25, 0.3) is 0 Å². The molecule has 0 aromatic heterocycles. The Hall–Kier alpha value is -2.08. The van der Waals surface area contributed by atoms with Crippen LogP contribution in [0.1, 0.15) is 30.0 Å². The summed E-state index contributed by atoms with van der Waals surface area (Å²) in [5.74, 6) is 0.590. The van der Waals surface area contributed by atoms with Gasteiger partial charge >= 0.3 is 6.09 Å². The molecule has 2 N–H and O–H groups in total. The zero-order valence-corrected chi connectivity index (χ0v) is 16.8. The van der Waals surface area contributed by atoms with Gasteiger partial charge in [-0.3, -0.25) is 0 Å². The van der Waals surface area contributed by atoms with E-state index in [2.05, 4.69) is 10.6 Å². The number of hydrogen-bond donors (Lipinski definition) is 2. The second-order valence-corrected chi connectivity index (χ2v) is 6.90. The highest BCUT2D eigenvalue weighted by Gasteiger charge is 2.18. The number of alkyl carbamates (subject to hydrolysis) is 1. The Balaban J connectivity index is 0.00000280. The highest BCUT2D eigenvalue weighted by molar-refractivity contribution is 5.85. The van der Waals surface area contributed by atoms with E-state index in [-0.39, 0.29) is 25.1 Å². The predicted octanol–water partition coefficient (Wildman–Crippen LogP) is 4.09. The molecule has 0 bridgehead atoms. The quantitative estimate of drug-likeness (QED) is 0.695. The smallest absolute Gasteiger partial charge is 0.408 e. The second-order valence-electron chi connectivity index (χ2n) is 6.90. The molecule has 1 saturated heterocycles. The first kappa shape index (κ1) is 22.2. The van der Waals surface area contributed by atoms with Gasteiger partial charge in [-0.2, -0.15) is 0 Å². The van der Waals surface area contributed by atoms with Crippen LogP contribution in [0.4, 0.5) is 4.79 Å². The highest BCUT2D eigenvalue weighted by Crippen LogP contribution is 2.16. The predicted molar refractivity (Wildman–Crippen MR) is 113 cm³/mol. The second kappa shape index (κ2) is 12.4. The Morgan fingerprint density at radius 2 is 1.68 bits per heavy atom. The van der Waals surface area contributed by atoms with Crippen molar-refractivity contribution in [1.29, 1.82) is 0 Å². The Bertz CT molecular complexity index is 679. The first-order valence-electron chi connectivity index (χ1n) is 9.62. The number of amides is 1. The number of ether oxygens (including phenoxy) is 2. The van der Waals surface area contributed by atoms with E-state index in [1.54, 1.807) is 0 Å². The van der Waals surface area contributed by atoms with Gasteiger partial charge < -0.3 is 20.1 Å². The van der Waals surface area contributed by atoms with Gasteiger partial charge in [0.15, 0.2) is 0 Å². The van der Waals surface area contributed by atoms with E-state index >= 15 is 0 Å². The summed E-state index contributed by atoms with van der Waals surface area (Å²) in [5.41, 5.74) is 1.98. The summed E-state index contributed by atoms with van der Waals surface area (Å²) in [5, 5.41) is 6.31. The third-order valence-corrected chi connectivity index (χ3v) is 4.80. The fourth-order valence-electron chi connectivity index (χ4n) is 3.21. The Morgan fingerprint density at radius 3 is 2.36 bits per heavy atom. The average Bonchev–Trinajstić information content (AvgIpc) is 2.74. The highest BCUT2D eigenvalue weighted by atomic mass is 35.5. The molecule has 5 nitrogen and oxygen atoms in total. The molecule has 0 unspecified atom stereocenters. The summed E-state index contributed by atoms with van der Waals surface area (Å²) in [4.78, 5) is 12.3. The standard InChI is InChI=1S/C22H28N2O3.ClH/c25-22(27-16-18-7-3-1-4-8-18)24-21(20-9-5-2-6-10-20)17-26-15-19-11-13-23-14-12-19;/h1-10,19,21,23H,11-17H2,(H,24,25);1H/t21-;/m0./s1. The number of carbonyl (C=O) groups is 1. The first-order chi connectivity index (χ1) is 13.3. The van der Waals surface area contributed by atoms with Crippen molar-refractivity contribution in [2.75, 3.05) is 26.3 Å². The van der Waals surface area contributed by atoms with Crippen LogP contribution in [-0.2, 0) is 16.1 Å². The van der Waals surface area contributed by atoms with Crippen molar-refractivity contribution in [1.82, 2.24) is 10.6 Å². The number of nitrogens with one attached hydrogen (secondary N) is 2. The van der Waals surface area contributed by atoms with E-state index in [0.29, 0.717) is 12.5 Å². The molecule has 3 rings (SSSR count). The van der Waals surface area contributed by atoms with Crippen LogP contribution in [-0.4, -0.2) is 32.4 Å². The van der Waals surface area contributed by atoms with Crippen LogP contribution in [0.3, 0.4) is 0 Å². The first-order valence-corrected chi connectivity index (χ1v) is 9.62. The zero-order valence-electron chi connectivity index (χ0n) is 16.0. The van der Waals surface area contributed by atoms with E-state index in [4.69, 9.17) is 9.47 Å². The van der Waals surface area contributed by atoms with Crippen LogP contribution in [0.5, 0.6) is 0 Å². The average molecular weight is 405 g/mol. The Morgan fingerprint density at radius 1 is 1.04 bits per heavy atom. The number of hydrogen-bond acceptors (Lipinski definition) is 4. The molecule has 2 aromatic rings. The van der Waals surface area contributed by atoms with Gasteiger partial charge in [0.2, 0.25) is 0 Å². The van der Waals surface area contributed by atoms with Gasteiger partial charge in [-0.1, -0.05) is 60.7 Å². The van der Waals surface area contributed by atoms with Crippen LogP contribution >= 0.6 is 12.4 Å². The van der Waals surface area contributed by atoms with E-state index in [0.717, 1.165) is 43.7 Å². The van der Waals surface area contributed by atoms with Crippen molar-refractivity contribution < 1.29 is 14.3 Å². The third-order valence-electron chi connectivity index (χ3n) is 4.80.